The molecule has 0 spiro atoms. The van der Waals surface area contributed by atoms with Gasteiger partial charge in [0.25, 0.3) is 0 Å². The molecular formula is C11H14O5. The number of benzene rings is 1. The second-order valence-electron chi connectivity index (χ2n) is 3.89. The van der Waals surface area contributed by atoms with Crippen molar-refractivity contribution in [2.24, 2.45) is 0 Å². The standard InChI is InChI=1S/C11H14O5/c12-7-3-1-6(2-4-7)11-10(15)9(14)8(13)5-16-11/h1-4,8-15H,5H2. The SMILES string of the molecule is Oc1ccc(C2OCC(O)C(O)C2O)cc1. The summed E-state index contributed by atoms with van der Waals surface area (Å²) in [7, 11) is 0. The molecule has 0 aromatic heterocycles. The van der Waals surface area contributed by atoms with Crippen molar-refractivity contribution in [1.29, 1.82) is 0 Å². The van der Waals surface area contributed by atoms with Crippen molar-refractivity contribution in [2.75, 3.05) is 6.61 Å². The third-order valence-corrected chi connectivity index (χ3v) is 2.72. The van der Waals surface area contributed by atoms with Crippen LogP contribution in [-0.4, -0.2) is 45.3 Å². The summed E-state index contributed by atoms with van der Waals surface area (Å²) >= 11 is 0. The molecule has 0 saturated carbocycles. The number of phenolic OH excluding ortho intramolecular Hbond substituents is 1. The maximum atomic E-state index is 9.73. The summed E-state index contributed by atoms with van der Waals surface area (Å²) in [6.07, 6.45) is -4.14. The van der Waals surface area contributed by atoms with E-state index in [2.05, 4.69) is 0 Å². The number of hydrogen-bond acceptors (Lipinski definition) is 5. The highest BCUT2D eigenvalue weighted by molar-refractivity contribution is 5.28. The van der Waals surface area contributed by atoms with Gasteiger partial charge in [-0.1, -0.05) is 12.1 Å². The van der Waals surface area contributed by atoms with Crippen LogP contribution in [0.3, 0.4) is 0 Å². The third-order valence-electron chi connectivity index (χ3n) is 2.72. The van der Waals surface area contributed by atoms with E-state index in [-0.39, 0.29) is 12.4 Å². The van der Waals surface area contributed by atoms with E-state index in [9.17, 15) is 15.3 Å². The predicted molar refractivity (Wildman–Crippen MR) is 54.8 cm³/mol. The van der Waals surface area contributed by atoms with Crippen LogP contribution in [-0.2, 0) is 4.74 Å². The summed E-state index contributed by atoms with van der Waals surface area (Å²) in [4.78, 5) is 0. The first-order valence-corrected chi connectivity index (χ1v) is 5.04. The number of ether oxygens (including phenoxy) is 1. The van der Waals surface area contributed by atoms with Crippen molar-refractivity contribution in [1.82, 2.24) is 0 Å². The van der Waals surface area contributed by atoms with Crippen LogP contribution < -0.4 is 0 Å². The van der Waals surface area contributed by atoms with Crippen molar-refractivity contribution in [3.63, 3.8) is 0 Å². The number of phenols is 1. The summed E-state index contributed by atoms with van der Waals surface area (Å²) in [6.45, 7) is -0.0240. The number of hydrogen-bond donors (Lipinski definition) is 4. The lowest BCUT2D eigenvalue weighted by Crippen LogP contribution is -2.48. The zero-order chi connectivity index (χ0) is 11.7. The molecule has 0 bridgehead atoms. The molecule has 5 heteroatoms. The first kappa shape index (κ1) is 11.3. The highest BCUT2D eigenvalue weighted by atomic mass is 16.5. The lowest BCUT2D eigenvalue weighted by molar-refractivity contribution is -0.189. The number of aliphatic hydroxyl groups is 3. The summed E-state index contributed by atoms with van der Waals surface area (Å²) in [5.74, 6) is 0.120. The largest absolute Gasteiger partial charge is 0.508 e. The monoisotopic (exact) mass is 226 g/mol. The molecule has 0 radical (unpaired) electrons. The molecule has 5 nitrogen and oxygen atoms in total. The average Bonchev–Trinajstić information content (AvgIpc) is 2.28. The van der Waals surface area contributed by atoms with Gasteiger partial charge in [0.15, 0.2) is 0 Å². The lowest BCUT2D eigenvalue weighted by Gasteiger charge is -2.35. The van der Waals surface area contributed by atoms with Crippen LogP contribution in [0.25, 0.3) is 0 Å². The van der Waals surface area contributed by atoms with Crippen molar-refractivity contribution in [2.45, 2.75) is 24.4 Å². The maximum Gasteiger partial charge on any atom is 0.115 e. The van der Waals surface area contributed by atoms with Crippen molar-refractivity contribution in [3.8, 4) is 5.75 Å². The molecule has 1 aliphatic rings. The number of aliphatic hydroxyl groups excluding tert-OH is 3. The number of rotatable bonds is 1. The van der Waals surface area contributed by atoms with Crippen LogP contribution in [0.1, 0.15) is 11.7 Å². The minimum Gasteiger partial charge on any atom is -0.508 e. The first-order valence-electron chi connectivity index (χ1n) is 5.04. The van der Waals surface area contributed by atoms with Crippen LogP contribution >= 0.6 is 0 Å². The molecular weight excluding hydrogens is 212 g/mol. The zero-order valence-electron chi connectivity index (χ0n) is 8.52. The van der Waals surface area contributed by atoms with E-state index in [0.717, 1.165) is 0 Å². The minimum atomic E-state index is -1.22. The van der Waals surface area contributed by atoms with E-state index < -0.39 is 24.4 Å². The van der Waals surface area contributed by atoms with E-state index >= 15 is 0 Å². The molecule has 1 aromatic rings. The van der Waals surface area contributed by atoms with Gasteiger partial charge in [-0.05, 0) is 17.7 Å². The Labute approximate surface area is 92.5 Å². The second-order valence-corrected chi connectivity index (χ2v) is 3.89. The molecule has 0 aliphatic carbocycles. The molecule has 1 aliphatic heterocycles. The fourth-order valence-electron chi connectivity index (χ4n) is 1.76. The van der Waals surface area contributed by atoms with Gasteiger partial charge >= 0.3 is 0 Å². The van der Waals surface area contributed by atoms with Gasteiger partial charge in [-0.15, -0.1) is 0 Å². The van der Waals surface area contributed by atoms with Crippen LogP contribution in [0.5, 0.6) is 5.75 Å². The fraction of sp³-hybridized carbons (Fsp3) is 0.455. The Hall–Kier alpha value is -1.14. The molecule has 1 saturated heterocycles. The molecule has 4 atom stereocenters. The van der Waals surface area contributed by atoms with Gasteiger partial charge in [0.05, 0.1) is 6.61 Å². The number of aromatic hydroxyl groups is 1. The van der Waals surface area contributed by atoms with Crippen LogP contribution in [0.15, 0.2) is 24.3 Å². The van der Waals surface area contributed by atoms with E-state index in [1.54, 1.807) is 12.1 Å². The van der Waals surface area contributed by atoms with Crippen LogP contribution in [0, 0.1) is 0 Å². The lowest BCUT2D eigenvalue weighted by atomic mass is 9.95. The summed E-state index contributed by atoms with van der Waals surface area (Å²) in [5, 5.41) is 37.6. The molecule has 1 heterocycles. The summed E-state index contributed by atoms with van der Waals surface area (Å²) < 4.78 is 5.26. The summed E-state index contributed by atoms with van der Waals surface area (Å²) in [5.41, 5.74) is 0.649. The topological polar surface area (TPSA) is 90.2 Å². The Morgan fingerprint density at radius 1 is 1.00 bits per heavy atom. The second kappa shape index (κ2) is 4.39. The van der Waals surface area contributed by atoms with Gasteiger partial charge in [0.1, 0.15) is 30.2 Å². The zero-order valence-corrected chi connectivity index (χ0v) is 8.52. The normalized spacial score (nSPS) is 34.9. The Bertz CT molecular complexity index is 350. The Morgan fingerprint density at radius 2 is 1.62 bits per heavy atom. The Balaban J connectivity index is 2.18. The molecule has 1 fully saturated rings. The van der Waals surface area contributed by atoms with Gasteiger partial charge in [0.2, 0.25) is 0 Å². The molecule has 0 amide bonds. The highest BCUT2D eigenvalue weighted by Crippen LogP contribution is 2.29. The average molecular weight is 226 g/mol. The quantitative estimate of drug-likeness (QED) is 0.520. The van der Waals surface area contributed by atoms with Gasteiger partial charge in [-0.25, -0.2) is 0 Å². The van der Waals surface area contributed by atoms with Crippen molar-refractivity contribution < 1.29 is 25.2 Å². The van der Waals surface area contributed by atoms with Gasteiger partial charge < -0.3 is 25.2 Å². The first-order chi connectivity index (χ1) is 7.59. The molecule has 4 N–H and O–H groups in total. The van der Waals surface area contributed by atoms with Gasteiger partial charge in [0, 0.05) is 0 Å². The van der Waals surface area contributed by atoms with Crippen LogP contribution in [0.2, 0.25) is 0 Å². The molecule has 88 valence electrons. The van der Waals surface area contributed by atoms with E-state index in [0.29, 0.717) is 5.56 Å². The molecule has 16 heavy (non-hydrogen) atoms. The third kappa shape index (κ3) is 2.03. The van der Waals surface area contributed by atoms with Crippen LogP contribution in [0.4, 0.5) is 0 Å². The van der Waals surface area contributed by atoms with Gasteiger partial charge in [-0.2, -0.15) is 0 Å². The highest BCUT2D eigenvalue weighted by Gasteiger charge is 2.38. The van der Waals surface area contributed by atoms with E-state index in [1.807, 2.05) is 0 Å². The minimum absolute atomic E-state index is 0.0240. The molecule has 2 rings (SSSR count). The van der Waals surface area contributed by atoms with Gasteiger partial charge in [-0.3, -0.25) is 0 Å². The molecule has 1 aromatic carbocycles. The van der Waals surface area contributed by atoms with E-state index in [4.69, 9.17) is 9.84 Å². The van der Waals surface area contributed by atoms with Crippen molar-refractivity contribution in [3.05, 3.63) is 29.8 Å². The Morgan fingerprint density at radius 3 is 2.25 bits per heavy atom. The fourth-order valence-corrected chi connectivity index (χ4v) is 1.76. The smallest absolute Gasteiger partial charge is 0.115 e. The predicted octanol–water partition coefficient (Wildman–Crippen LogP) is -0.454. The molecule has 4 unspecified atom stereocenters. The maximum absolute atomic E-state index is 9.73. The van der Waals surface area contributed by atoms with Crippen molar-refractivity contribution >= 4 is 0 Å². The van der Waals surface area contributed by atoms with E-state index in [1.165, 1.54) is 12.1 Å². The Kier molecular flexibility index (Phi) is 3.11. The summed E-state index contributed by atoms with van der Waals surface area (Å²) in [6, 6.07) is 6.16.